The average molecular weight is 592 g/mol. The van der Waals surface area contributed by atoms with Crippen molar-refractivity contribution in [2.75, 3.05) is 30.4 Å². The van der Waals surface area contributed by atoms with Crippen LogP contribution in [0.1, 0.15) is 21.6 Å². The van der Waals surface area contributed by atoms with Gasteiger partial charge in [0, 0.05) is 10.9 Å². The Morgan fingerprint density at radius 2 is 1.93 bits per heavy atom. The summed E-state index contributed by atoms with van der Waals surface area (Å²) < 4.78 is 57.2. The van der Waals surface area contributed by atoms with Crippen LogP contribution in [0.25, 0.3) is 16.6 Å². The third-order valence-corrected chi connectivity index (χ3v) is 6.87. The molecule has 0 atom stereocenters. The van der Waals surface area contributed by atoms with Crippen LogP contribution in [-0.2, 0) is 4.74 Å². The van der Waals surface area contributed by atoms with Gasteiger partial charge in [-0.15, -0.1) is 0 Å². The Morgan fingerprint density at radius 1 is 1.12 bits per heavy atom. The van der Waals surface area contributed by atoms with Crippen LogP contribution in [0.4, 0.5) is 29.5 Å². The number of halogens is 3. The number of nitrogens with one attached hydrogen (secondary N) is 1. The molecule has 0 bridgehead atoms. The van der Waals surface area contributed by atoms with Crippen LogP contribution in [0.5, 0.6) is 17.2 Å². The molecule has 0 spiro atoms. The van der Waals surface area contributed by atoms with Gasteiger partial charge in [0.25, 0.3) is 6.43 Å². The van der Waals surface area contributed by atoms with E-state index in [0.29, 0.717) is 27.9 Å². The number of amides is 1. The largest absolute Gasteiger partial charge is 0.485 e. The van der Waals surface area contributed by atoms with Gasteiger partial charge in [0.05, 0.1) is 35.4 Å². The molecule has 1 aliphatic rings. The lowest BCUT2D eigenvalue weighted by atomic mass is 10.1. The lowest BCUT2D eigenvalue weighted by Gasteiger charge is -2.18. The number of anilines is 2. The predicted molar refractivity (Wildman–Crippen MR) is 151 cm³/mol. The lowest BCUT2D eigenvalue weighted by Crippen LogP contribution is -2.24. The van der Waals surface area contributed by atoms with Gasteiger partial charge in [-0.05, 0) is 61.0 Å². The summed E-state index contributed by atoms with van der Waals surface area (Å²) in [5.41, 5.74) is 8.56. The van der Waals surface area contributed by atoms with E-state index in [2.05, 4.69) is 10.1 Å². The van der Waals surface area contributed by atoms with E-state index in [1.54, 1.807) is 43.3 Å². The van der Waals surface area contributed by atoms with Crippen molar-refractivity contribution in [1.82, 2.24) is 14.8 Å². The monoisotopic (exact) mass is 591 g/mol. The van der Waals surface area contributed by atoms with Gasteiger partial charge in [-0.1, -0.05) is 12.1 Å². The zero-order valence-electron chi connectivity index (χ0n) is 22.6. The lowest BCUT2D eigenvalue weighted by molar-refractivity contribution is 0.0822. The summed E-state index contributed by atoms with van der Waals surface area (Å²) in [5.74, 6) is -0.305. The summed E-state index contributed by atoms with van der Waals surface area (Å²) in [6, 6.07) is 15.7. The predicted octanol–water partition coefficient (Wildman–Crippen LogP) is 6.01. The highest BCUT2D eigenvalue weighted by molar-refractivity contribution is 6.13. The number of carbonyl (C=O) groups excluding carboxylic acids is 2. The quantitative estimate of drug-likeness (QED) is 0.201. The maximum Gasteiger partial charge on any atom is 0.414 e. The Bertz CT molecular complexity index is 1870. The van der Waals surface area contributed by atoms with Crippen molar-refractivity contribution in [2.24, 2.45) is 0 Å². The third kappa shape index (κ3) is 5.32. The normalized spacial score (nSPS) is 13.1. The summed E-state index contributed by atoms with van der Waals surface area (Å²) in [6.07, 6.45) is -2.02. The zero-order valence-corrected chi connectivity index (χ0v) is 22.6. The van der Waals surface area contributed by atoms with Gasteiger partial charge < -0.3 is 24.9 Å². The summed E-state index contributed by atoms with van der Waals surface area (Å²) in [5, 5.41) is 4.79. The molecule has 3 heterocycles. The molecule has 3 aromatic carbocycles. The Hall–Kier alpha value is -5.46. The van der Waals surface area contributed by atoms with Crippen LogP contribution >= 0.6 is 0 Å². The number of hydrogen-bond donors (Lipinski definition) is 2. The van der Waals surface area contributed by atoms with Gasteiger partial charge in [0.1, 0.15) is 30.5 Å². The number of nitrogens with zero attached hydrogens (tertiary/aromatic N) is 3. The van der Waals surface area contributed by atoms with E-state index in [0.717, 1.165) is 0 Å². The summed E-state index contributed by atoms with van der Waals surface area (Å²) >= 11 is 0. The van der Waals surface area contributed by atoms with Crippen molar-refractivity contribution in [2.45, 2.75) is 13.3 Å². The smallest absolute Gasteiger partial charge is 0.414 e. The molecule has 3 N–H and O–H groups in total. The molecule has 6 rings (SSSR count). The molecule has 1 aliphatic heterocycles. The molecule has 1 saturated heterocycles. The number of alkyl halides is 2. The van der Waals surface area contributed by atoms with E-state index in [1.807, 2.05) is 0 Å². The highest BCUT2D eigenvalue weighted by Crippen LogP contribution is 2.36. The van der Waals surface area contributed by atoms with Gasteiger partial charge in [0.15, 0.2) is 11.6 Å². The van der Waals surface area contributed by atoms with Crippen molar-refractivity contribution in [3.63, 3.8) is 0 Å². The molecule has 220 valence electrons. The van der Waals surface area contributed by atoms with Gasteiger partial charge in [-0.3, -0.25) is 9.69 Å². The highest BCUT2D eigenvalue weighted by Gasteiger charge is 2.28. The number of cyclic esters (lactones) is 1. The Balaban J connectivity index is 1.29. The van der Waals surface area contributed by atoms with Crippen molar-refractivity contribution >= 4 is 34.3 Å². The number of H-pyrrole nitrogens is 1. The minimum absolute atomic E-state index is 0.0507. The summed E-state index contributed by atoms with van der Waals surface area (Å²) in [4.78, 5) is 30.0. The number of carbonyl (C=O) groups is 2. The van der Waals surface area contributed by atoms with Crippen LogP contribution in [-0.4, -0.2) is 52.8 Å². The molecule has 1 amide bonds. The first kappa shape index (κ1) is 27.7. The van der Waals surface area contributed by atoms with E-state index >= 15 is 0 Å². The van der Waals surface area contributed by atoms with E-state index in [1.165, 1.54) is 40.0 Å². The number of aryl methyl sites for hydroxylation is 1. The van der Waals surface area contributed by atoms with E-state index in [-0.39, 0.29) is 47.4 Å². The minimum atomic E-state index is -2.73. The standard InChI is InChI=1S/C30H24F3N5O5/c1-16-10-18(6-7-24(16)43-25-5-3-2-4-20(25)31)38-29(34)19(14-35-38)28(39)22-11-17-12-26(42-15-27(32)33)23(13-21(17)36-22)37-8-9-41-30(37)40/h2-7,10-14,27,36H,8-9,15,34H2,1H3. The van der Waals surface area contributed by atoms with Crippen LogP contribution in [0, 0.1) is 12.7 Å². The molecule has 43 heavy (non-hydrogen) atoms. The first-order chi connectivity index (χ1) is 20.7. The van der Waals surface area contributed by atoms with E-state index < -0.39 is 30.7 Å². The van der Waals surface area contributed by atoms with Gasteiger partial charge in [-0.2, -0.15) is 5.10 Å². The summed E-state index contributed by atoms with van der Waals surface area (Å²) in [6.45, 7) is 1.27. The Kier molecular flexibility index (Phi) is 7.14. The molecule has 0 aliphatic carbocycles. The second-order valence-electron chi connectivity index (χ2n) is 9.72. The molecule has 1 fully saturated rings. The number of para-hydroxylation sites is 1. The fourth-order valence-electron chi connectivity index (χ4n) is 4.77. The number of ether oxygens (including phenoxy) is 3. The van der Waals surface area contributed by atoms with Crippen molar-refractivity contribution < 1.29 is 37.0 Å². The Labute approximate surface area is 242 Å². The average Bonchev–Trinajstić information content (AvgIpc) is 3.71. The maximum atomic E-state index is 14.0. The fourth-order valence-corrected chi connectivity index (χ4v) is 4.77. The molecule has 2 aromatic heterocycles. The molecular formula is C30H24F3N5O5. The first-order valence-electron chi connectivity index (χ1n) is 13.1. The molecule has 13 heteroatoms. The van der Waals surface area contributed by atoms with Gasteiger partial charge >= 0.3 is 6.09 Å². The third-order valence-electron chi connectivity index (χ3n) is 6.87. The van der Waals surface area contributed by atoms with Crippen LogP contribution in [0.15, 0.2) is 66.9 Å². The second kappa shape index (κ2) is 11.1. The maximum absolute atomic E-state index is 14.0. The molecule has 0 radical (unpaired) electrons. The van der Waals surface area contributed by atoms with Crippen LogP contribution in [0.2, 0.25) is 0 Å². The molecule has 0 unspecified atom stereocenters. The van der Waals surface area contributed by atoms with E-state index in [9.17, 15) is 22.8 Å². The van der Waals surface area contributed by atoms with Crippen LogP contribution < -0.4 is 20.1 Å². The molecule has 0 saturated carbocycles. The number of aromatic nitrogens is 3. The number of fused-ring (bicyclic) bond motifs is 1. The van der Waals surface area contributed by atoms with Gasteiger partial charge in [0.2, 0.25) is 5.78 Å². The number of rotatable bonds is 9. The molecular weight excluding hydrogens is 567 g/mol. The van der Waals surface area contributed by atoms with Crippen LogP contribution in [0.3, 0.4) is 0 Å². The topological polar surface area (TPSA) is 125 Å². The first-order valence-corrected chi connectivity index (χ1v) is 13.1. The molecule has 10 nitrogen and oxygen atoms in total. The van der Waals surface area contributed by atoms with Crippen molar-refractivity contribution in [3.8, 4) is 22.9 Å². The number of aromatic amines is 1. The number of hydrogen-bond acceptors (Lipinski definition) is 7. The second-order valence-corrected chi connectivity index (χ2v) is 9.72. The highest BCUT2D eigenvalue weighted by atomic mass is 19.3. The number of nitrogens with two attached hydrogens (primary N) is 1. The number of nitrogen functional groups attached to an aromatic ring is 1. The van der Waals surface area contributed by atoms with Gasteiger partial charge in [-0.25, -0.2) is 22.6 Å². The SMILES string of the molecule is Cc1cc(-n2ncc(C(=O)c3cc4cc(OCC(F)F)c(N5CCOC5=O)cc4[nH]3)c2N)ccc1Oc1ccccc1F. The summed E-state index contributed by atoms with van der Waals surface area (Å²) in [7, 11) is 0. The van der Waals surface area contributed by atoms with E-state index in [4.69, 9.17) is 19.9 Å². The fraction of sp³-hybridized carbons (Fsp3) is 0.167. The van der Waals surface area contributed by atoms with Crippen molar-refractivity contribution in [1.29, 1.82) is 0 Å². The number of benzene rings is 3. The molecule has 5 aromatic rings. The zero-order chi connectivity index (χ0) is 30.2. The minimum Gasteiger partial charge on any atom is -0.485 e. The number of ketones is 1. The Morgan fingerprint density at radius 3 is 2.65 bits per heavy atom. The van der Waals surface area contributed by atoms with Crippen molar-refractivity contribution in [3.05, 3.63) is 89.5 Å².